The van der Waals surface area contributed by atoms with E-state index in [1.165, 1.54) is 12.8 Å². The largest absolute Gasteiger partial charge is 0.477 e. The first-order chi connectivity index (χ1) is 7.85. The van der Waals surface area contributed by atoms with Gasteiger partial charge in [-0.15, -0.1) is 0 Å². The minimum Gasteiger partial charge on any atom is -0.477 e. The van der Waals surface area contributed by atoms with Crippen LogP contribution < -0.4 is 15.4 Å². The molecular formula is C11H18N4O. The highest BCUT2D eigenvalue weighted by molar-refractivity contribution is 5.40. The van der Waals surface area contributed by atoms with Gasteiger partial charge in [0.2, 0.25) is 5.88 Å². The van der Waals surface area contributed by atoms with Gasteiger partial charge in [0.1, 0.15) is 0 Å². The van der Waals surface area contributed by atoms with Crippen molar-refractivity contribution < 1.29 is 4.74 Å². The van der Waals surface area contributed by atoms with E-state index in [1.807, 2.05) is 6.92 Å². The van der Waals surface area contributed by atoms with E-state index in [9.17, 15) is 0 Å². The van der Waals surface area contributed by atoms with Crippen molar-refractivity contribution in [2.75, 3.05) is 24.6 Å². The van der Waals surface area contributed by atoms with Crippen molar-refractivity contribution in [1.29, 1.82) is 0 Å². The summed E-state index contributed by atoms with van der Waals surface area (Å²) >= 11 is 0. The molecule has 88 valence electrons. The summed E-state index contributed by atoms with van der Waals surface area (Å²) in [6.45, 7) is 4.01. The maximum absolute atomic E-state index is 5.61. The monoisotopic (exact) mass is 222 g/mol. The highest BCUT2D eigenvalue weighted by Crippen LogP contribution is 2.30. The van der Waals surface area contributed by atoms with Gasteiger partial charge in [0.25, 0.3) is 0 Å². The second-order valence-electron chi connectivity index (χ2n) is 3.86. The molecule has 1 heterocycles. The Morgan fingerprint density at radius 3 is 2.94 bits per heavy atom. The number of nitrogens with zero attached hydrogens (tertiary/aromatic N) is 3. The van der Waals surface area contributed by atoms with Crippen molar-refractivity contribution in [3.05, 3.63) is 12.4 Å². The summed E-state index contributed by atoms with van der Waals surface area (Å²) in [5.41, 5.74) is 5.61. The first-order valence-electron chi connectivity index (χ1n) is 5.76. The van der Waals surface area contributed by atoms with Gasteiger partial charge in [0, 0.05) is 19.1 Å². The molecule has 1 aromatic heterocycles. The van der Waals surface area contributed by atoms with Crippen molar-refractivity contribution in [3.63, 3.8) is 0 Å². The Labute approximate surface area is 95.6 Å². The van der Waals surface area contributed by atoms with E-state index in [0.717, 1.165) is 12.4 Å². The summed E-state index contributed by atoms with van der Waals surface area (Å²) < 4.78 is 5.34. The Balaban J connectivity index is 2.12. The van der Waals surface area contributed by atoms with Crippen LogP contribution in [0, 0.1) is 0 Å². The standard InChI is InChI=1S/C11H18N4O/c1-2-16-11-8-13-7-10(14-11)15(6-5-12)9-3-4-9/h7-9H,2-6,12H2,1H3. The van der Waals surface area contributed by atoms with E-state index in [1.54, 1.807) is 12.4 Å². The minimum atomic E-state index is 0.586. The van der Waals surface area contributed by atoms with Crippen LogP contribution in [-0.4, -0.2) is 35.7 Å². The molecule has 0 aromatic carbocycles. The van der Waals surface area contributed by atoms with Crippen molar-refractivity contribution in [2.24, 2.45) is 5.73 Å². The first kappa shape index (κ1) is 11.1. The fourth-order valence-electron chi connectivity index (χ4n) is 1.70. The van der Waals surface area contributed by atoms with Crippen LogP contribution in [0.1, 0.15) is 19.8 Å². The van der Waals surface area contributed by atoms with Crippen molar-refractivity contribution >= 4 is 5.82 Å². The summed E-state index contributed by atoms with van der Waals surface area (Å²) in [5, 5.41) is 0. The van der Waals surface area contributed by atoms with E-state index in [-0.39, 0.29) is 0 Å². The average Bonchev–Trinajstić information content (AvgIpc) is 3.11. The van der Waals surface area contributed by atoms with Gasteiger partial charge in [-0.05, 0) is 19.8 Å². The molecule has 16 heavy (non-hydrogen) atoms. The summed E-state index contributed by atoms with van der Waals surface area (Å²) in [4.78, 5) is 10.8. The Kier molecular flexibility index (Phi) is 3.56. The van der Waals surface area contributed by atoms with Gasteiger partial charge in [0.15, 0.2) is 5.82 Å². The van der Waals surface area contributed by atoms with E-state index in [2.05, 4.69) is 14.9 Å². The second-order valence-corrected chi connectivity index (χ2v) is 3.86. The zero-order chi connectivity index (χ0) is 11.4. The normalized spacial score (nSPS) is 14.9. The second kappa shape index (κ2) is 5.12. The number of rotatable bonds is 6. The summed E-state index contributed by atoms with van der Waals surface area (Å²) in [6, 6.07) is 0.592. The molecule has 0 aliphatic heterocycles. The van der Waals surface area contributed by atoms with Gasteiger partial charge < -0.3 is 15.4 Å². The molecule has 0 bridgehead atoms. The first-order valence-corrected chi connectivity index (χ1v) is 5.76. The number of ether oxygens (including phenoxy) is 1. The fraction of sp³-hybridized carbons (Fsp3) is 0.636. The molecule has 1 fully saturated rings. The van der Waals surface area contributed by atoms with Crippen molar-refractivity contribution in [3.8, 4) is 5.88 Å². The van der Waals surface area contributed by atoms with Crippen molar-refractivity contribution in [2.45, 2.75) is 25.8 Å². The van der Waals surface area contributed by atoms with E-state index in [0.29, 0.717) is 25.1 Å². The van der Waals surface area contributed by atoms with Gasteiger partial charge >= 0.3 is 0 Å². The third-order valence-corrected chi connectivity index (χ3v) is 2.54. The average molecular weight is 222 g/mol. The van der Waals surface area contributed by atoms with Gasteiger partial charge in [-0.3, -0.25) is 4.98 Å². The Morgan fingerprint density at radius 1 is 1.50 bits per heavy atom. The molecule has 5 heteroatoms. The van der Waals surface area contributed by atoms with Crippen LogP contribution in [0.2, 0.25) is 0 Å². The Bertz CT molecular complexity index is 341. The van der Waals surface area contributed by atoms with Crippen LogP contribution >= 0.6 is 0 Å². The fourth-order valence-corrected chi connectivity index (χ4v) is 1.70. The summed E-state index contributed by atoms with van der Waals surface area (Å²) in [6.07, 6.45) is 5.86. The van der Waals surface area contributed by atoms with Crippen LogP contribution in [-0.2, 0) is 0 Å². The SMILES string of the molecule is CCOc1cncc(N(CCN)C2CC2)n1. The molecule has 2 N–H and O–H groups in total. The van der Waals surface area contributed by atoms with Gasteiger partial charge in [0.05, 0.1) is 19.0 Å². The zero-order valence-electron chi connectivity index (χ0n) is 9.59. The summed E-state index contributed by atoms with van der Waals surface area (Å²) in [5.74, 6) is 1.46. The molecule has 0 unspecified atom stereocenters. The lowest BCUT2D eigenvalue weighted by Gasteiger charge is -2.22. The molecule has 0 amide bonds. The molecule has 5 nitrogen and oxygen atoms in total. The molecular weight excluding hydrogens is 204 g/mol. The number of hydrogen-bond acceptors (Lipinski definition) is 5. The lowest BCUT2D eigenvalue weighted by atomic mass is 10.4. The molecule has 1 aromatic rings. The number of nitrogens with two attached hydrogens (primary N) is 1. The smallest absolute Gasteiger partial charge is 0.234 e. The maximum atomic E-state index is 5.61. The lowest BCUT2D eigenvalue weighted by Crippen LogP contribution is -2.32. The molecule has 0 atom stereocenters. The molecule has 1 aliphatic carbocycles. The number of aromatic nitrogens is 2. The molecule has 0 radical (unpaired) electrons. The Morgan fingerprint density at radius 2 is 2.31 bits per heavy atom. The topological polar surface area (TPSA) is 64.3 Å². The van der Waals surface area contributed by atoms with Crippen LogP contribution in [0.5, 0.6) is 5.88 Å². The van der Waals surface area contributed by atoms with Crippen LogP contribution in [0.3, 0.4) is 0 Å². The van der Waals surface area contributed by atoms with E-state index in [4.69, 9.17) is 10.5 Å². The van der Waals surface area contributed by atoms with Crippen LogP contribution in [0.15, 0.2) is 12.4 Å². The zero-order valence-corrected chi connectivity index (χ0v) is 9.59. The maximum Gasteiger partial charge on any atom is 0.234 e. The van der Waals surface area contributed by atoms with Crippen LogP contribution in [0.4, 0.5) is 5.82 Å². The molecule has 0 spiro atoms. The van der Waals surface area contributed by atoms with Crippen molar-refractivity contribution in [1.82, 2.24) is 9.97 Å². The molecule has 1 saturated carbocycles. The molecule has 1 aliphatic rings. The minimum absolute atomic E-state index is 0.586. The lowest BCUT2D eigenvalue weighted by molar-refractivity contribution is 0.325. The predicted molar refractivity (Wildman–Crippen MR) is 62.6 cm³/mol. The summed E-state index contributed by atoms with van der Waals surface area (Å²) in [7, 11) is 0. The predicted octanol–water partition coefficient (Wildman–Crippen LogP) is 0.803. The molecule has 0 saturated heterocycles. The highest BCUT2D eigenvalue weighted by Gasteiger charge is 2.29. The quantitative estimate of drug-likeness (QED) is 0.771. The number of anilines is 1. The molecule has 2 rings (SSSR count). The third-order valence-electron chi connectivity index (χ3n) is 2.54. The third kappa shape index (κ3) is 2.61. The van der Waals surface area contributed by atoms with Gasteiger partial charge in [-0.25, -0.2) is 0 Å². The van der Waals surface area contributed by atoms with E-state index < -0.39 is 0 Å². The van der Waals surface area contributed by atoms with E-state index >= 15 is 0 Å². The van der Waals surface area contributed by atoms with Gasteiger partial charge in [-0.1, -0.05) is 0 Å². The van der Waals surface area contributed by atoms with Crippen LogP contribution in [0.25, 0.3) is 0 Å². The Hall–Kier alpha value is -1.36. The van der Waals surface area contributed by atoms with Gasteiger partial charge in [-0.2, -0.15) is 4.98 Å². The number of hydrogen-bond donors (Lipinski definition) is 1. The highest BCUT2D eigenvalue weighted by atomic mass is 16.5.